The van der Waals surface area contributed by atoms with Gasteiger partial charge < -0.3 is 14.7 Å². The predicted octanol–water partition coefficient (Wildman–Crippen LogP) is -1.28. The van der Waals surface area contributed by atoms with Gasteiger partial charge in [0, 0.05) is 7.05 Å². The first kappa shape index (κ1) is 10.0. The number of aromatic amines is 1. The smallest absolute Gasteiger partial charge is 0.360 e. The molecule has 0 amide bonds. The molecule has 0 aliphatic carbocycles. The van der Waals surface area contributed by atoms with Crippen molar-refractivity contribution < 1.29 is 9.90 Å². The van der Waals surface area contributed by atoms with Crippen molar-refractivity contribution >= 4 is 17.1 Å². The molecule has 0 aliphatic heterocycles. The molecule has 2 aromatic heterocycles. The standard InChI is InChI=1S/C8H6N4O4/c1-12-2-9-5-3(7(12)14)11-6(13)4(10-5)8(15)16/h2H,1H3,(H,11,13)(H,15,16). The summed E-state index contributed by atoms with van der Waals surface area (Å²) in [4.78, 5) is 42.8. The predicted molar refractivity (Wildman–Crippen MR) is 52.4 cm³/mol. The number of carbonyl (C=O) groups is 1. The van der Waals surface area contributed by atoms with Gasteiger partial charge in [0.05, 0.1) is 6.33 Å². The van der Waals surface area contributed by atoms with Crippen molar-refractivity contribution in [3.8, 4) is 0 Å². The van der Waals surface area contributed by atoms with Gasteiger partial charge in [0.1, 0.15) is 0 Å². The average Bonchev–Trinajstić information content (AvgIpc) is 2.23. The van der Waals surface area contributed by atoms with Crippen molar-refractivity contribution in [1.29, 1.82) is 0 Å². The van der Waals surface area contributed by atoms with E-state index in [1.165, 1.54) is 13.4 Å². The number of hydrogen-bond donors (Lipinski definition) is 2. The molecular weight excluding hydrogens is 216 g/mol. The van der Waals surface area contributed by atoms with Gasteiger partial charge in [0.25, 0.3) is 11.1 Å². The minimum absolute atomic E-state index is 0.0971. The second kappa shape index (κ2) is 3.26. The minimum Gasteiger partial charge on any atom is -0.476 e. The summed E-state index contributed by atoms with van der Waals surface area (Å²) in [7, 11) is 1.46. The highest BCUT2D eigenvalue weighted by Gasteiger charge is 2.14. The summed E-state index contributed by atoms with van der Waals surface area (Å²) in [5.41, 5.74) is -2.31. The monoisotopic (exact) mass is 222 g/mol. The Kier molecular flexibility index (Phi) is 2.04. The van der Waals surface area contributed by atoms with Crippen LogP contribution in [0.15, 0.2) is 15.9 Å². The van der Waals surface area contributed by atoms with E-state index in [-0.39, 0.29) is 11.2 Å². The Balaban J connectivity index is 2.95. The van der Waals surface area contributed by atoms with E-state index in [9.17, 15) is 14.4 Å². The summed E-state index contributed by atoms with van der Waals surface area (Å²) in [5.74, 6) is -1.47. The van der Waals surface area contributed by atoms with Crippen LogP contribution in [0, 0.1) is 0 Å². The minimum atomic E-state index is -1.47. The normalized spacial score (nSPS) is 10.6. The molecule has 0 unspecified atom stereocenters. The highest BCUT2D eigenvalue weighted by molar-refractivity contribution is 5.86. The number of aromatic nitrogens is 4. The van der Waals surface area contributed by atoms with Crippen molar-refractivity contribution in [1.82, 2.24) is 19.5 Å². The van der Waals surface area contributed by atoms with E-state index in [0.29, 0.717) is 0 Å². The van der Waals surface area contributed by atoms with Gasteiger partial charge in [-0.1, -0.05) is 0 Å². The van der Waals surface area contributed by atoms with Gasteiger partial charge in [-0.3, -0.25) is 9.59 Å². The number of aromatic carboxylic acids is 1. The lowest BCUT2D eigenvalue weighted by Gasteiger charge is -1.99. The lowest BCUT2D eigenvalue weighted by molar-refractivity contribution is 0.0689. The van der Waals surface area contributed by atoms with Crippen molar-refractivity contribution in [2.45, 2.75) is 0 Å². The number of fused-ring (bicyclic) bond motifs is 1. The third kappa shape index (κ3) is 1.36. The largest absolute Gasteiger partial charge is 0.476 e. The maximum absolute atomic E-state index is 11.5. The molecule has 0 saturated heterocycles. The van der Waals surface area contributed by atoms with Crippen LogP contribution >= 0.6 is 0 Å². The van der Waals surface area contributed by atoms with Crippen molar-refractivity contribution in [2.24, 2.45) is 7.05 Å². The molecule has 8 nitrogen and oxygen atoms in total. The Morgan fingerprint density at radius 1 is 1.50 bits per heavy atom. The molecule has 2 rings (SSSR count). The Morgan fingerprint density at radius 3 is 2.81 bits per heavy atom. The van der Waals surface area contributed by atoms with Crippen LogP contribution in [0.25, 0.3) is 11.2 Å². The molecule has 16 heavy (non-hydrogen) atoms. The highest BCUT2D eigenvalue weighted by atomic mass is 16.4. The van der Waals surface area contributed by atoms with Crippen LogP contribution in [0.4, 0.5) is 0 Å². The third-order valence-corrected chi connectivity index (χ3v) is 1.98. The summed E-state index contributed by atoms with van der Waals surface area (Å²) >= 11 is 0. The van der Waals surface area contributed by atoms with Gasteiger partial charge in [0.2, 0.25) is 5.69 Å². The van der Waals surface area contributed by atoms with Gasteiger partial charge in [-0.05, 0) is 0 Å². The van der Waals surface area contributed by atoms with Crippen LogP contribution < -0.4 is 11.1 Å². The Hall–Kier alpha value is -2.51. The SMILES string of the molecule is Cn1cnc2nc(C(=O)O)c(=O)[nH]c2c1=O. The fraction of sp³-hybridized carbons (Fsp3) is 0.125. The van der Waals surface area contributed by atoms with E-state index in [4.69, 9.17) is 5.11 Å². The summed E-state index contributed by atoms with van der Waals surface area (Å²) in [5, 5.41) is 8.66. The third-order valence-electron chi connectivity index (χ3n) is 1.98. The van der Waals surface area contributed by atoms with Crippen LogP contribution in [0.2, 0.25) is 0 Å². The highest BCUT2D eigenvalue weighted by Crippen LogP contribution is 1.97. The number of H-pyrrole nitrogens is 1. The van der Waals surface area contributed by atoms with Gasteiger partial charge >= 0.3 is 5.97 Å². The van der Waals surface area contributed by atoms with E-state index in [1.807, 2.05) is 0 Å². The molecule has 2 N–H and O–H groups in total. The zero-order valence-electron chi connectivity index (χ0n) is 8.09. The first-order chi connectivity index (χ1) is 7.50. The van der Waals surface area contributed by atoms with E-state index in [0.717, 1.165) is 4.57 Å². The molecule has 0 aliphatic rings. The second-order valence-electron chi connectivity index (χ2n) is 3.08. The molecule has 82 valence electrons. The molecular formula is C8H6N4O4. The van der Waals surface area contributed by atoms with E-state index in [2.05, 4.69) is 15.0 Å². The number of rotatable bonds is 1. The first-order valence-electron chi connectivity index (χ1n) is 4.19. The Bertz CT molecular complexity index is 699. The maximum atomic E-state index is 11.5. The number of aryl methyl sites for hydroxylation is 1. The zero-order chi connectivity index (χ0) is 11.9. The number of nitrogens with one attached hydrogen (secondary N) is 1. The quantitative estimate of drug-likeness (QED) is 0.620. The maximum Gasteiger partial charge on any atom is 0.360 e. The molecule has 0 aromatic carbocycles. The van der Waals surface area contributed by atoms with Crippen molar-refractivity contribution in [3.05, 3.63) is 32.7 Å². The lowest BCUT2D eigenvalue weighted by atomic mass is 10.4. The van der Waals surface area contributed by atoms with Gasteiger partial charge in [0.15, 0.2) is 11.2 Å². The molecule has 0 fully saturated rings. The topological polar surface area (TPSA) is 118 Å². The molecule has 0 radical (unpaired) electrons. The van der Waals surface area contributed by atoms with Gasteiger partial charge in [-0.25, -0.2) is 14.8 Å². The molecule has 0 saturated carbocycles. The van der Waals surface area contributed by atoms with E-state index >= 15 is 0 Å². The first-order valence-corrected chi connectivity index (χ1v) is 4.19. The van der Waals surface area contributed by atoms with E-state index in [1.54, 1.807) is 0 Å². The van der Waals surface area contributed by atoms with Crippen molar-refractivity contribution in [2.75, 3.05) is 0 Å². The molecule has 0 bridgehead atoms. The fourth-order valence-electron chi connectivity index (χ4n) is 1.20. The van der Waals surface area contributed by atoms with E-state index < -0.39 is 22.8 Å². The number of carboxylic acid groups (broad SMARTS) is 1. The fourth-order valence-corrected chi connectivity index (χ4v) is 1.20. The summed E-state index contributed by atoms with van der Waals surface area (Å²) in [6.45, 7) is 0. The second-order valence-corrected chi connectivity index (χ2v) is 3.08. The lowest BCUT2D eigenvalue weighted by Crippen LogP contribution is -2.26. The molecule has 2 aromatic rings. The van der Waals surface area contributed by atoms with Gasteiger partial charge in [-0.15, -0.1) is 0 Å². The Labute approximate surface area is 87.2 Å². The molecule has 8 heteroatoms. The van der Waals surface area contributed by atoms with Crippen LogP contribution in [0.1, 0.15) is 10.5 Å². The summed E-state index contributed by atoms with van der Waals surface area (Å²) < 4.78 is 1.15. The Morgan fingerprint density at radius 2 is 2.19 bits per heavy atom. The average molecular weight is 222 g/mol. The molecule has 2 heterocycles. The summed E-state index contributed by atoms with van der Waals surface area (Å²) in [6.07, 6.45) is 1.20. The number of hydrogen-bond acceptors (Lipinski definition) is 5. The zero-order valence-corrected chi connectivity index (χ0v) is 8.09. The molecule has 0 spiro atoms. The van der Waals surface area contributed by atoms with Crippen LogP contribution in [-0.2, 0) is 7.05 Å². The summed E-state index contributed by atoms with van der Waals surface area (Å²) in [6, 6.07) is 0. The van der Waals surface area contributed by atoms with Crippen LogP contribution in [0.3, 0.4) is 0 Å². The van der Waals surface area contributed by atoms with Crippen molar-refractivity contribution in [3.63, 3.8) is 0 Å². The van der Waals surface area contributed by atoms with Crippen LogP contribution in [-0.4, -0.2) is 30.6 Å². The van der Waals surface area contributed by atoms with Crippen LogP contribution in [0.5, 0.6) is 0 Å². The van der Waals surface area contributed by atoms with Gasteiger partial charge in [-0.2, -0.15) is 0 Å². The molecule has 0 atom stereocenters. The number of carboxylic acids is 1. The number of nitrogens with zero attached hydrogens (tertiary/aromatic N) is 3.